The van der Waals surface area contributed by atoms with Gasteiger partial charge in [-0.2, -0.15) is 15.5 Å². The van der Waals surface area contributed by atoms with Crippen molar-refractivity contribution in [3.63, 3.8) is 0 Å². The molecule has 0 unspecified atom stereocenters. The number of aryl methyl sites for hydroxylation is 3. The highest BCUT2D eigenvalue weighted by molar-refractivity contribution is 6.04. The third-order valence-electron chi connectivity index (χ3n) is 8.38. The average molecular weight is 702 g/mol. The summed E-state index contributed by atoms with van der Waals surface area (Å²) in [7, 11) is 0. The zero-order valence-corrected chi connectivity index (χ0v) is 28.6. The number of amides is 4. The third kappa shape index (κ3) is 6.72. The lowest BCUT2D eigenvalue weighted by atomic mass is 10.1. The zero-order valence-electron chi connectivity index (χ0n) is 28.6. The van der Waals surface area contributed by atoms with E-state index in [4.69, 9.17) is 11.5 Å². The first-order valence-corrected chi connectivity index (χ1v) is 16.4. The lowest BCUT2D eigenvalue weighted by molar-refractivity contribution is 0.0992. The predicted octanol–water partition coefficient (Wildman–Crippen LogP) is 3.15. The van der Waals surface area contributed by atoms with Crippen molar-refractivity contribution < 1.29 is 19.2 Å². The topological polar surface area (TPSA) is 239 Å². The Bertz CT molecular complexity index is 2450. The molecule has 6 rings (SSSR count). The maximum absolute atomic E-state index is 13.5. The molecule has 0 aliphatic carbocycles. The van der Waals surface area contributed by atoms with Crippen LogP contribution >= 0.6 is 0 Å². The van der Waals surface area contributed by atoms with Gasteiger partial charge < -0.3 is 20.6 Å². The number of allylic oxidation sites excluding steroid dienone is 2. The largest absolute Gasteiger partial charge is 0.366 e. The third-order valence-corrected chi connectivity index (χ3v) is 8.38. The number of carbonyl (C=O) groups is 4. The molecule has 0 radical (unpaired) electrons. The number of nitrogens with one attached hydrogen (secondary N) is 2. The molecule has 264 valence electrons. The fourth-order valence-corrected chi connectivity index (χ4v) is 5.99. The molecule has 6 N–H and O–H groups in total. The number of anilines is 2. The number of carbonyl (C=O) groups excluding carboxylic acids is 4. The minimum Gasteiger partial charge on any atom is -0.366 e. The molecule has 0 aliphatic rings. The van der Waals surface area contributed by atoms with Gasteiger partial charge in [0.1, 0.15) is 11.4 Å². The van der Waals surface area contributed by atoms with Crippen LogP contribution in [0.1, 0.15) is 66.8 Å². The number of nitrogens with zero attached hydrogens (tertiary/aromatic N) is 9. The molecule has 0 bridgehead atoms. The first-order valence-electron chi connectivity index (χ1n) is 16.4. The van der Waals surface area contributed by atoms with Crippen molar-refractivity contribution in [3.05, 3.63) is 94.6 Å². The number of imidazole rings is 2. The monoisotopic (exact) mass is 701 g/mol. The predicted molar refractivity (Wildman–Crippen MR) is 191 cm³/mol. The molecule has 0 saturated heterocycles. The van der Waals surface area contributed by atoms with Gasteiger partial charge in [0, 0.05) is 43.5 Å². The van der Waals surface area contributed by atoms with Gasteiger partial charge in [0.15, 0.2) is 0 Å². The van der Waals surface area contributed by atoms with Crippen molar-refractivity contribution in [2.45, 2.75) is 53.4 Å². The minimum absolute atomic E-state index is 0.0451. The molecule has 17 heteroatoms. The van der Waals surface area contributed by atoms with Crippen molar-refractivity contribution in [1.29, 1.82) is 5.26 Å². The summed E-state index contributed by atoms with van der Waals surface area (Å²) in [5, 5.41) is 23.9. The van der Waals surface area contributed by atoms with E-state index in [0.717, 1.165) is 0 Å². The summed E-state index contributed by atoms with van der Waals surface area (Å²) in [6.07, 6.45) is 5.16. The van der Waals surface area contributed by atoms with Gasteiger partial charge in [-0.15, -0.1) is 0 Å². The Kier molecular flexibility index (Phi) is 9.63. The Balaban J connectivity index is 1.37. The van der Waals surface area contributed by atoms with E-state index in [0.29, 0.717) is 57.8 Å². The van der Waals surface area contributed by atoms with Gasteiger partial charge in [-0.05, 0) is 68.8 Å². The van der Waals surface area contributed by atoms with Crippen LogP contribution < -0.4 is 22.1 Å². The highest BCUT2D eigenvalue weighted by atomic mass is 16.2. The Hall–Kier alpha value is -7.09. The zero-order chi connectivity index (χ0) is 37.1. The van der Waals surface area contributed by atoms with E-state index < -0.39 is 23.6 Å². The quantitative estimate of drug-likeness (QED) is 0.129. The summed E-state index contributed by atoms with van der Waals surface area (Å²) in [6, 6.07) is 13.3. The van der Waals surface area contributed by atoms with Gasteiger partial charge in [-0.1, -0.05) is 12.2 Å². The smallest absolute Gasteiger partial charge is 0.276 e. The second-order valence-corrected chi connectivity index (χ2v) is 11.8. The van der Waals surface area contributed by atoms with Crippen LogP contribution in [0.5, 0.6) is 0 Å². The van der Waals surface area contributed by atoms with Gasteiger partial charge in [0.2, 0.25) is 23.7 Å². The Morgan fingerprint density at radius 3 is 2.12 bits per heavy atom. The van der Waals surface area contributed by atoms with Crippen molar-refractivity contribution in [2.24, 2.45) is 11.5 Å². The van der Waals surface area contributed by atoms with Crippen LogP contribution in [0.25, 0.3) is 22.1 Å². The van der Waals surface area contributed by atoms with Gasteiger partial charge >= 0.3 is 0 Å². The van der Waals surface area contributed by atoms with Crippen LogP contribution in [-0.4, -0.2) is 62.3 Å². The van der Waals surface area contributed by atoms with Crippen LogP contribution in [0.4, 0.5) is 11.9 Å². The summed E-state index contributed by atoms with van der Waals surface area (Å²) >= 11 is 0. The van der Waals surface area contributed by atoms with Gasteiger partial charge in [0.25, 0.3) is 11.8 Å². The van der Waals surface area contributed by atoms with Gasteiger partial charge in [-0.25, -0.2) is 9.97 Å². The van der Waals surface area contributed by atoms with Crippen LogP contribution in [0.3, 0.4) is 0 Å². The molecular weight excluding hydrogens is 666 g/mol. The molecular formula is C35H35N13O4. The first-order chi connectivity index (χ1) is 25.0. The Morgan fingerprint density at radius 1 is 0.808 bits per heavy atom. The molecule has 0 fully saturated rings. The van der Waals surface area contributed by atoms with Crippen molar-refractivity contribution in [2.75, 3.05) is 10.6 Å². The Labute approximate surface area is 296 Å². The molecule has 4 heterocycles. The molecule has 4 amide bonds. The number of rotatable bonds is 13. The maximum atomic E-state index is 13.5. The van der Waals surface area contributed by atoms with E-state index in [1.807, 2.05) is 26.0 Å². The molecule has 17 nitrogen and oxygen atoms in total. The maximum Gasteiger partial charge on any atom is 0.276 e. The number of hydrogen-bond acceptors (Lipinski definition) is 9. The molecule has 4 aromatic heterocycles. The number of nitrogens with two attached hydrogens (primary N) is 2. The Morgan fingerprint density at radius 2 is 1.44 bits per heavy atom. The second-order valence-electron chi connectivity index (χ2n) is 11.8. The molecule has 6 aromatic rings. The van der Waals surface area contributed by atoms with E-state index in [1.165, 1.54) is 12.3 Å². The van der Waals surface area contributed by atoms with E-state index in [9.17, 15) is 24.4 Å². The first kappa shape index (κ1) is 34.8. The van der Waals surface area contributed by atoms with E-state index in [-0.39, 0.29) is 42.5 Å². The number of aromatic nitrogens is 8. The average Bonchev–Trinajstić information content (AvgIpc) is 3.90. The van der Waals surface area contributed by atoms with Crippen molar-refractivity contribution in [1.82, 2.24) is 38.7 Å². The molecule has 0 aliphatic heterocycles. The number of fused-ring (bicyclic) bond motifs is 2. The van der Waals surface area contributed by atoms with Gasteiger partial charge in [0.05, 0.1) is 40.3 Å². The van der Waals surface area contributed by atoms with E-state index >= 15 is 0 Å². The molecule has 2 aromatic carbocycles. The summed E-state index contributed by atoms with van der Waals surface area (Å²) in [4.78, 5) is 60.1. The van der Waals surface area contributed by atoms with Crippen LogP contribution in [0.2, 0.25) is 0 Å². The van der Waals surface area contributed by atoms with E-state index in [2.05, 4.69) is 36.9 Å². The summed E-state index contributed by atoms with van der Waals surface area (Å²) < 4.78 is 6.65. The minimum atomic E-state index is -0.680. The second kappa shape index (κ2) is 14.4. The number of benzene rings is 2. The highest BCUT2D eigenvalue weighted by Crippen LogP contribution is 2.27. The lowest BCUT2D eigenvalue weighted by Gasteiger charge is -2.11. The van der Waals surface area contributed by atoms with Crippen LogP contribution in [-0.2, 0) is 32.6 Å². The number of nitriles is 1. The molecule has 0 atom stereocenters. The van der Waals surface area contributed by atoms with E-state index in [1.54, 1.807) is 61.8 Å². The summed E-state index contributed by atoms with van der Waals surface area (Å²) in [6.45, 7) is 6.92. The molecule has 52 heavy (non-hydrogen) atoms. The summed E-state index contributed by atoms with van der Waals surface area (Å²) in [5.41, 5.74) is 15.4. The molecule has 0 spiro atoms. The standard InChI is InChI=1S/C35H35N13O4/c1-4-47-27(11-13-39-47)32(51)42-34-40-24-18-22(30(37)49)8-9-26(24)45(34)14-6-7-15-46-29-21(10-12-36)17-23(31(38)50)19-25(29)41-35(46)43-33(52)28-16-20(3)44-48(28)5-2/h6-9,11,13,16-19H,4-5,10,14-15H2,1-3H3,(H2,37,49)(H2,38,50)(H,40,42,51)(H,41,43,52)/b7-6+. The highest BCUT2D eigenvalue weighted by Gasteiger charge is 2.21. The number of primary amides is 2. The molecule has 0 saturated carbocycles. The fraction of sp³-hybridized carbons (Fsp3) is 0.229. The number of hydrogen-bond donors (Lipinski definition) is 4. The van der Waals surface area contributed by atoms with Crippen molar-refractivity contribution >= 4 is 57.6 Å². The normalized spacial score (nSPS) is 11.3. The van der Waals surface area contributed by atoms with Crippen LogP contribution in [0, 0.1) is 18.3 Å². The van der Waals surface area contributed by atoms with Crippen LogP contribution in [0.15, 0.2) is 60.8 Å². The fourth-order valence-electron chi connectivity index (χ4n) is 5.99. The lowest BCUT2D eigenvalue weighted by Crippen LogP contribution is -2.20. The summed E-state index contributed by atoms with van der Waals surface area (Å²) in [5.74, 6) is -1.74. The SMILES string of the molecule is CCn1nccc1C(=O)Nc1nc2cc(C(N)=O)ccc2n1C/C=C/Cn1c(NC(=O)c2cc(C)nn2CC)nc2cc(C(N)=O)cc(CC#N)c21. The van der Waals surface area contributed by atoms with Gasteiger partial charge in [-0.3, -0.25) is 39.2 Å². The van der Waals surface area contributed by atoms with Crippen molar-refractivity contribution in [3.8, 4) is 6.07 Å².